The number of rotatable bonds is 4. The van der Waals surface area contributed by atoms with Crippen molar-refractivity contribution in [2.24, 2.45) is 0 Å². The lowest BCUT2D eigenvalue weighted by molar-refractivity contribution is 0.181. The van der Waals surface area contributed by atoms with Gasteiger partial charge in [-0.2, -0.15) is 21.7 Å². The molecule has 0 atom stereocenters. The Bertz CT molecular complexity index is 439. The Morgan fingerprint density at radius 2 is 1.70 bits per heavy atom. The van der Waals surface area contributed by atoms with Gasteiger partial charge in [-0.25, -0.2) is 0 Å². The van der Waals surface area contributed by atoms with Crippen LogP contribution in [0.3, 0.4) is 0 Å². The molecule has 0 bridgehead atoms. The second kappa shape index (κ2) is 6.05. The number of hydrogen-bond donors (Lipinski definition) is 0. The number of nitrogens with zero attached hydrogens (tertiary/aromatic N) is 4. The molecule has 0 spiro atoms. The lowest BCUT2D eigenvalue weighted by atomic mass is 10.1. The molecule has 110 valence electrons. The van der Waals surface area contributed by atoms with Crippen LogP contribution in [0.5, 0.6) is 11.8 Å². The highest BCUT2D eigenvalue weighted by Gasteiger charge is 2.34. The second-order valence-electron chi connectivity index (χ2n) is 4.96. The molecule has 0 amide bonds. The maximum absolute atomic E-state index is 5.19. The highest BCUT2D eigenvalue weighted by Crippen LogP contribution is 2.26. The van der Waals surface area contributed by atoms with E-state index in [4.69, 9.17) is 9.47 Å². The molecule has 3 rings (SSSR count). The van der Waals surface area contributed by atoms with E-state index in [1.807, 2.05) is 11.8 Å². The van der Waals surface area contributed by atoms with Crippen molar-refractivity contribution in [1.82, 2.24) is 14.9 Å². The van der Waals surface area contributed by atoms with Crippen LogP contribution < -0.4 is 14.4 Å². The lowest BCUT2D eigenvalue weighted by Crippen LogP contribution is -2.61. The molecule has 0 radical (unpaired) electrons. The van der Waals surface area contributed by atoms with Gasteiger partial charge in [-0.05, 0) is 0 Å². The zero-order chi connectivity index (χ0) is 13.9. The first-order chi connectivity index (χ1) is 9.80. The van der Waals surface area contributed by atoms with E-state index < -0.39 is 0 Å². The van der Waals surface area contributed by atoms with Crippen molar-refractivity contribution in [3.8, 4) is 11.8 Å². The van der Waals surface area contributed by atoms with E-state index >= 15 is 0 Å². The Morgan fingerprint density at radius 3 is 2.25 bits per heavy atom. The molecule has 3 heterocycles. The summed E-state index contributed by atoms with van der Waals surface area (Å²) in [4.78, 5) is 13.5. The number of ether oxygens (including phenoxy) is 2. The smallest absolute Gasteiger partial charge is 0.232 e. The number of aromatic nitrogens is 2. The van der Waals surface area contributed by atoms with Crippen molar-refractivity contribution in [3.63, 3.8) is 0 Å². The molecule has 0 saturated carbocycles. The van der Waals surface area contributed by atoms with Crippen molar-refractivity contribution in [1.29, 1.82) is 0 Å². The predicted octanol–water partition coefficient (Wildman–Crippen LogP) is 0.731. The maximum Gasteiger partial charge on any atom is 0.232 e. The highest BCUT2D eigenvalue weighted by atomic mass is 32.2. The van der Waals surface area contributed by atoms with Crippen LogP contribution in [0.2, 0.25) is 0 Å². The Labute approximate surface area is 123 Å². The van der Waals surface area contributed by atoms with E-state index in [0.29, 0.717) is 23.8 Å². The number of thioether (sulfide) groups is 1. The van der Waals surface area contributed by atoms with Crippen molar-refractivity contribution >= 4 is 17.7 Å². The first kappa shape index (κ1) is 13.8. The number of anilines is 1. The van der Waals surface area contributed by atoms with Crippen molar-refractivity contribution < 1.29 is 9.47 Å². The minimum atomic E-state index is 0.546. The van der Waals surface area contributed by atoms with Gasteiger partial charge in [0.15, 0.2) is 0 Å². The third-order valence-electron chi connectivity index (χ3n) is 3.79. The van der Waals surface area contributed by atoms with Crippen molar-refractivity contribution in [2.45, 2.75) is 6.04 Å². The molecule has 20 heavy (non-hydrogen) atoms. The second-order valence-corrected chi connectivity index (χ2v) is 6.18. The van der Waals surface area contributed by atoms with Gasteiger partial charge in [0.05, 0.1) is 20.3 Å². The monoisotopic (exact) mass is 296 g/mol. The molecule has 2 saturated heterocycles. The summed E-state index contributed by atoms with van der Waals surface area (Å²) >= 11 is 2.04. The van der Waals surface area contributed by atoms with Crippen LogP contribution in [0, 0.1) is 0 Å². The third-order valence-corrected chi connectivity index (χ3v) is 4.74. The minimum Gasteiger partial charge on any atom is -0.481 e. The van der Waals surface area contributed by atoms with Crippen LogP contribution in [0.25, 0.3) is 0 Å². The highest BCUT2D eigenvalue weighted by molar-refractivity contribution is 7.99. The predicted molar refractivity (Wildman–Crippen MR) is 80.0 cm³/mol. The first-order valence-electron chi connectivity index (χ1n) is 6.84. The molecule has 1 aromatic rings. The quantitative estimate of drug-likeness (QED) is 0.812. The summed E-state index contributed by atoms with van der Waals surface area (Å²) in [6.07, 6.45) is 0. The van der Waals surface area contributed by atoms with Crippen LogP contribution in [0.15, 0.2) is 6.07 Å². The molecular weight excluding hydrogens is 276 g/mol. The average Bonchev–Trinajstić information content (AvgIpc) is 2.46. The van der Waals surface area contributed by atoms with E-state index in [1.54, 1.807) is 20.3 Å². The van der Waals surface area contributed by atoms with E-state index in [2.05, 4.69) is 19.8 Å². The standard InChI is InChI=1S/C13H20N4O2S/c1-18-11-7-12(19-2)15-13(14-11)17-8-10(9-17)16-3-5-20-6-4-16/h7,10H,3-6,8-9H2,1-2H3. The van der Waals surface area contributed by atoms with Gasteiger partial charge in [-0.3, -0.25) is 4.90 Å². The fourth-order valence-electron chi connectivity index (χ4n) is 2.54. The van der Waals surface area contributed by atoms with E-state index in [1.165, 1.54) is 24.6 Å². The van der Waals surface area contributed by atoms with Gasteiger partial charge in [0.1, 0.15) is 0 Å². The Morgan fingerprint density at radius 1 is 1.10 bits per heavy atom. The van der Waals surface area contributed by atoms with Gasteiger partial charge in [0.25, 0.3) is 0 Å². The van der Waals surface area contributed by atoms with Crippen LogP contribution >= 0.6 is 11.8 Å². The summed E-state index contributed by atoms with van der Waals surface area (Å²) in [6.45, 7) is 4.37. The Hall–Kier alpha value is -1.21. The van der Waals surface area contributed by atoms with E-state index in [0.717, 1.165) is 13.1 Å². The molecule has 2 fully saturated rings. The van der Waals surface area contributed by atoms with Crippen LogP contribution in [0.4, 0.5) is 5.95 Å². The summed E-state index contributed by atoms with van der Waals surface area (Å²) < 4.78 is 10.4. The summed E-state index contributed by atoms with van der Waals surface area (Å²) in [7, 11) is 3.21. The fourth-order valence-corrected chi connectivity index (χ4v) is 3.47. The molecule has 0 unspecified atom stereocenters. The molecule has 0 N–H and O–H groups in total. The van der Waals surface area contributed by atoms with Gasteiger partial charge < -0.3 is 14.4 Å². The lowest BCUT2D eigenvalue weighted by Gasteiger charge is -2.46. The molecule has 1 aromatic heterocycles. The van der Waals surface area contributed by atoms with Crippen LogP contribution in [0.1, 0.15) is 0 Å². The van der Waals surface area contributed by atoms with Crippen LogP contribution in [-0.2, 0) is 0 Å². The van der Waals surface area contributed by atoms with Crippen molar-refractivity contribution in [3.05, 3.63) is 6.07 Å². The SMILES string of the molecule is COc1cc(OC)nc(N2CC(N3CCSCC3)C2)n1. The van der Waals surface area contributed by atoms with E-state index in [9.17, 15) is 0 Å². The average molecular weight is 296 g/mol. The summed E-state index contributed by atoms with van der Waals surface area (Å²) in [5, 5.41) is 0. The molecule has 6 nitrogen and oxygen atoms in total. The van der Waals surface area contributed by atoms with Gasteiger partial charge in [0, 0.05) is 43.7 Å². The Balaban J connectivity index is 1.63. The summed E-state index contributed by atoms with van der Waals surface area (Å²) in [5.74, 6) is 4.29. The fraction of sp³-hybridized carbons (Fsp3) is 0.692. The summed E-state index contributed by atoms with van der Waals surface area (Å²) in [5.41, 5.74) is 0. The number of hydrogen-bond acceptors (Lipinski definition) is 7. The summed E-state index contributed by atoms with van der Waals surface area (Å²) in [6, 6.07) is 2.33. The van der Waals surface area contributed by atoms with Gasteiger partial charge in [-0.15, -0.1) is 0 Å². The first-order valence-corrected chi connectivity index (χ1v) is 7.99. The topological polar surface area (TPSA) is 50.7 Å². The molecule has 0 aliphatic carbocycles. The molecule has 2 aliphatic rings. The minimum absolute atomic E-state index is 0.546. The molecule has 2 aliphatic heterocycles. The zero-order valence-corrected chi connectivity index (χ0v) is 12.7. The largest absolute Gasteiger partial charge is 0.481 e. The van der Waals surface area contributed by atoms with Gasteiger partial charge in [-0.1, -0.05) is 0 Å². The third kappa shape index (κ3) is 2.78. The zero-order valence-electron chi connectivity index (χ0n) is 11.9. The van der Waals surface area contributed by atoms with Crippen LogP contribution in [-0.4, -0.2) is 72.8 Å². The van der Waals surface area contributed by atoms with Crippen molar-refractivity contribution in [2.75, 3.05) is 56.8 Å². The normalized spacial score (nSPS) is 20.6. The van der Waals surface area contributed by atoms with E-state index in [-0.39, 0.29) is 0 Å². The Kier molecular flexibility index (Phi) is 4.16. The van der Waals surface area contributed by atoms with Gasteiger partial charge >= 0.3 is 0 Å². The van der Waals surface area contributed by atoms with Gasteiger partial charge in [0.2, 0.25) is 17.7 Å². The molecule has 0 aromatic carbocycles. The maximum atomic E-state index is 5.19. The number of methoxy groups -OCH3 is 2. The molecular formula is C13H20N4O2S. The molecule has 7 heteroatoms.